The predicted molar refractivity (Wildman–Crippen MR) is 176 cm³/mol. The standard InChI is InChI=1S/C40H46O4/c1-3-38(2,28-20-24-39(25-21-28,30-4-12-34(41)13-5-30)31-6-14-35(42)15-7-31)29-22-26-40(27-23-29,32-8-16-36(43)17-9-32)33-10-18-37(44)19-11-33/h4-19,28-29,41-44H,3,20-27H2,1-2H3. The summed E-state index contributed by atoms with van der Waals surface area (Å²) >= 11 is 0. The van der Waals surface area contributed by atoms with E-state index in [1.54, 1.807) is 48.5 Å². The van der Waals surface area contributed by atoms with Crippen molar-refractivity contribution < 1.29 is 20.4 Å². The van der Waals surface area contributed by atoms with Gasteiger partial charge in [-0.15, -0.1) is 0 Å². The third-order valence-corrected chi connectivity index (χ3v) is 12.0. The van der Waals surface area contributed by atoms with Crippen molar-refractivity contribution in [2.75, 3.05) is 0 Å². The normalized spacial score (nSPS) is 19.0. The molecule has 2 fully saturated rings. The van der Waals surface area contributed by atoms with Gasteiger partial charge >= 0.3 is 0 Å². The molecule has 0 aliphatic heterocycles. The van der Waals surface area contributed by atoms with Gasteiger partial charge in [0.05, 0.1) is 0 Å². The summed E-state index contributed by atoms with van der Waals surface area (Å²) in [5, 5.41) is 40.1. The minimum atomic E-state index is -0.133. The number of benzene rings is 4. The molecule has 0 atom stereocenters. The number of phenols is 4. The smallest absolute Gasteiger partial charge is 0.115 e. The fourth-order valence-corrected chi connectivity index (χ4v) is 9.06. The summed E-state index contributed by atoms with van der Waals surface area (Å²) in [6.07, 6.45) is 9.89. The Morgan fingerprint density at radius 3 is 0.909 bits per heavy atom. The van der Waals surface area contributed by atoms with Gasteiger partial charge in [-0.25, -0.2) is 0 Å². The number of hydrogen-bond donors (Lipinski definition) is 4. The average Bonchev–Trinajstić information content (AvgIpc) is 3.06. The van der Waals surface area contributed by atoms with E-state index in [1.807, 2.05) is 0 Å². The first kappa shape index (κ1) is 30.1. The van der Waals surface area contributed by atoms with E-state index < -0.39 is 0 Å². The van der Waals surface area contributed by atoms with Crippen LogP contribution in [0.15, 0.2) is 97.1 Å². The van der Waals surface area contributed by atoms with Crippen LogP contribution in [0.1, 0.15) is 93.9 Å². The van der Waals surface area contributed by atoms with Gasteiger partial charge < -0.3 is 20.4 Å². The number of hydrogen-bond acceptors (Lipinski definition) is 4. The minimum absolute atomic E-state index is 0.133. The first-order chi connectivity index (χ1) is 21.2. The highest BCUT2D eigenvalue weighted by Crippen LogP contribution is 2.58. The predicted octanol–water partition coefficient (Wildman–Crippen LogP) is 9.58. The van der Waals surface area contributed by atoms with Crippen LogP contribution >= 0.6 is 0 Å². The van der Waals surface area contributed by atoms with Crippen LogP contribution in [0, 0.1) is 17.3 Å². The van der Waals surface area contributed by atoms with Crippen LogP contribution in [0.5, 0.6) is 23.0 Å². The van der Waals surface area contributed by atoms with E-state index in [-0.39, 0.29) is 39.2 Å². The zero-order chi connectivity index (χ0) is 31.0. The zero-order valence-corrected chi connectivity index (χ0v) is 26.0. The van der Waals surface area contributed by atoms with Crippen LogP contribution in [0.2, 0.25) is 0 Å². The number of rotatable bonds is 7. The molecule has 4 aromatic rings. The lowest BCUT2D eigenvalue weighted by atomic mass is 9.52. The molecule has 6 rings (SSSR count). The SMILES string of the molecule is CCC(C)(C1CCC(c2ccc(O)cc2)(c2ccc(O)cc2)CC1)C1CCC(c2ccc(O)cc2)(c2ccc(O)cc2)CC1. The van der Waals surface area contributed by atoms with E-state index in [2.05, 4.69) is 62.4 Å². The third kappa shape index (κ3) is 5.33. The van der Waals surface area contributed by atoms with Crippen LogP contribution in [-0.2, 0) is 10.8 Å². The summed E-state index contributed by atoms with van der Waals surface area (Å²) in [4.78, 5) is 0. The lowest BCUT2D eigenvalue weighted by Gasteiger charge is -2.53. The number of aromatic hydroxyl groups is 4. The van der Waals surface area contributed by atoms with Gasteiger partial charge in [-0.05, 0) is 139 Å². The lowest BCUT2D eigenvalue weighted by Crippen LogP contribution is -2.44. The maximum atomic E-state index is 10.0. The Morgan fingerprint density at radius 2 is 0.705 bits per heavy atom. The second-order valence-corrected chi connectivity index (χ2v) is 13.8. The minimum Gasteiger partial charge on any atom is -0.508 e. The second-order valence-electron chi connectivity index (χ2n) is 13.8. The molecule has 4 nitrogen and oxygen atoms in total. The van der Waals surface area contributed by atoms with Crippen LogP contribution in [-0.4, -0.2) is 20.4 Å². The Hall–Kier alpha value is -3.92. The van der Waals surface area contributed by atoms with E-state index in [1.165, 1.54) is 22.3 Å². The Kier molecular flexibility index (Phi) is 8.13. The van der Waals surface area contributed by atoms with E-state index >= 15 is 0 Å². The molecule has 2 saturated carbocycles. The highest BCUT2D eigenvalue weighted by molar-refractivity contribution is 5.45. The molecule has 2 aliphatic carbocycles. The van der Waals surface area contributed by atoms with Crippen molar-refractivity contribution in [3.8, 4) is 23.0 Å². The van der Waals surface area contributed by atoms with Crippen molar-refractivity contribution in [3.05, 3.63) is 119 Å². The first-order valence-electron chi connectivity index (χ1n) is 16.4. The largest absolute Gasteiger partial charge is 0.508 e. The molecule has 4 aromatic carbocycles. The van der Waals surface area contributed by atoms with Crippen molar-refractivity contribution in [2.45, 2.75) is 82.5 Å². The molecule has 2 aliphatic rings. The molecule has 0 radical (unpaired) electrons. The van der Waals surface area contributed by atoms with E-state index in [0.29, 0.717) is 11.8 Å². The molecule has 4 N–H and O–H groups in total. The Morgan fingerprint density at radius 1 is 0.477 bits per heavy atom. The van der Waals surface area contributed by atoms with Crippen LogP contribution in [0.25, 0.3) is 0 Å². The van der Waals surface area contributed by atoms with Gasteiger partial charge in [0.2, 0.25) is 0 Å². The van der Waals surface area contributed by atoms with E-state index in [9.17, 15) is 20.4 Å². The molecular formula is C40H46O4. The molecular weight excluding hydrogens is 544 g/mol. The molecule has 0 unspecified atom stereocenters. The fourth-order valence-electron chi connectivity index (χ4n) is 9.06. The summed E-state index contributed by atoms with van der Waals surface area (Å²) in [6, 6.07) is 31.0. The average molecular weight is 591 g/mol. The fraction of sp³-hybridized carbons (Fsp3) is 0.400. The quantitative estimate of drug-likeness (QED) is 0.173. The molecule has 230 valence electrons. The Labute approximate surface area is 262 Å². The molecule has 0 bridgehead atoms. The first-order valence-corrected chi connectivity index (χ1v) is 16.4. The van der Waals surface area contributed by atoms with E-state index in [4.69, 9.17) is 0 Å². The van der Waals surface area contributed by atoms with Crippen molar-refractivity contribution in [1.29, 1.82) is 0 Å². The summed E-state index contributed by atoms with van der Waals surface area (Å²) in [5.41, 5.74) is 4.92. The number of phenolic OH excluding ortho intramolecular Hbond substituents is 4. The molecule has 0 heterocycles. The Bertz CT molecular complexity index is 1310. The van der Waals surface area contributed by atoms with Crippen molar-refractivity contribution in [1.82, 2.24) is 0 Å². The molecule has 0 amide bonds. The van der Waals surface area contributed by atoms with Gasteiger partial charge in [0.1, 0.15) is 23.0 Å². The van der Waals surface area contributed by atoms with Crippen molar-refractivity contribution in [3.63, 3.8) is 0 Å². The molecule has 0 spiro atoms. The van der Waals surface area contributed by atoms with Gasteiger partial charge in [-0.1, -0.05) is 68.8 Å². The van der Waals surface area contributed by atoms with Gasteiger partial charge in [0.25, 0.3) is 0 Å². The van der Waals surface area contributed by atoms with Crippen molar-refractivity contribution >= 4 is 0 Å². The summed E-state index contributed by atoms with van der Waals surface area (Å²) in [5.74, 6) is 2.39. The summed E-state index contributed by atoms with van der Waals surface area (Å²) in [7, 11) is 0. The lowest BCUT2D eigenvalue weighted by molar-refractivity contribution is 0.0169. The highest BCUT2D eigenvalue weighted by atomic mass is 16.3. The maximum Gasteiger partial charge on any atom is 0.115 e. The molecule has 44 heavy (non-hydrogen) atoms. The maximum absolute atomic E-state index is 10.0. The third-order valence-electron chi connectivity index (χ3n) is 12.0. The zero-order valence-electron chi connectivity index (χ0n) is 26.0. The Balaban J connectivity index is 1.25. The summed E-state index contributed by atoms with van der Waals surface area (Å²) in [6.45, 7) is 4.92. The summed E-state index contributed by atoms with van der Waals surface area (Å²) < 4.78 is 0. The molecule has 0 aromatic heterocycles. The highest BCUT2D eigenvalue weighted by Gasteiger charge is 2.49. The molecule has 0 saturated heterocycles. The monoisotopic (exact) mass is 590 g/mol. The topological polar surface area (TPSA) is 80.9 Å². The van der Waals surface area contributed by atoms with Gasteiger partial charge in [0.15, 0.2) is 0 Å². The van der Waals surface area contributed by atoms with E-state index in [0.717, 1.165) is 57.8 Å². The van der Waals surface area contributed by atoms with Crippen LogP contribution in [0.3, 0.4) is 0 Å². The van der Waals surface area contributed by atoms with Gasteiger partial charge in [-0.2, -0.15) is 0 Å². The van der Waals surface area contributed by atoms with Gasteiger partial charge in [0, 0.05) is 10.8 Å². The van der Waals surface area contributed by atoms with Gasteiger partial charge in [-0.3, -0.25) is 0 Å². The van der Waals surface area contributed by atoms with Crippen LogP contribution < -0.4 is 0 Å². The van der Waals surface area contributed by atoms with Crippen LogP contribution in [0.4, 0.5) is 0 Å². The van der Waals surface area contributed by atoms with Crippen molar-refractivity contribution in [2.24, 2.45) is 17.3 Å². The second kappa shape index (κ2) is 11.9. The molecule has 4 heteroatoms.